The van der Waals surface area contributed by atoms with Crippen molar-refractivity contribution >= 4 is 23.0 Å². The highest BCUT2D eigenvalue weighted by Gasteiger charge is 2.34. The molecule has 44 heavy (non-hydrogen) atoms. The van der Waals surface area contributed by atoms with Gasteiger partial charge in [0.25, 0.3) is 11.8 Å². The number of aliphatic imine (C=N–C) groups is 1. The Morgan fingerprint density at radius 2 is 1.84 bits per heavy atom. The second-order valence-corrected chi connectivity index (χ2v) is 11.3. The summed E-state index contributed by atoms with van der Waals surface area (Å²) in [4.78, 5) is 34.0. The van der Waals surface area contributed by atoms with Gasteiger partial charge in [0, 0.05) is 67.5 Å². The van der Waals surface area contributed by atoms with Crippen molar-refractivity contribution < 1.29 is 27.5 Å². The van der Waals surface area contributed by atoms with Crippen molar-refractivity contribution in [2.24, 2.45) is 10.9 Å². The molecular weight excluding hydrogens is 575 g/mol. The van der Waals surface area contributed by atoms with E-state index in [0.29, 0.717) is 35.8 Å². The first-order valence-electron chi connectivity index (χ1n) is 14.5. The fourth-order valence-corrected chi connectivity index (χ4v) is 6.00. The molecule has 2 amide bonds. The number of amides is 2. The number of piperazine rings is 1. The Hall–Kier alpha value is -4.10. The maximum absolute atomic E-state index is 13.8. The number of allylic oxidation sites excluding steroid dienone is 1. The summed E-state index contributed by atoms with van der Waals surface area (Å²) < 4.78 is 46.4. The van der Waals surface area contributed by atoms with Crippen molar-refractivity contribution in [3.8, 4) is 11.3 Å². The number of aromatic nitrogens is 3. The van der Waals surface area contributed by atoms with E-state index in [4.69, 9.17) is 4.74 Å². The highest BCUT2D eigenvalue weighted by Crippen LogP contribution is 2.33. The van der Waals surface area contributed by atoms with E-state index in [0.717, 1.165) is 28.0 Å². The van der Waals surface area contributed by atoms with Gasteiger partial charge in [0.05, 0.1) is 30.6 Å². The van der Waals surface area contributed by atoms with Crippen molar-refractivity contribution in [2.75, 3.05) is 46.4 Å². The van der Waals surface area contributed by atoms with Crippen LogP contribution in [0.4, 0.5) is 13.2 Å². The first kappa shape index (κ1) is 31.3. The average Bonchev–Trinajstić information content (AvgIpc) is 3.39. The number of pyridine rings is 1. The van der Waals surface area contributed by atoms with Crippen LogP contribution in [-0.2, 0) is 9.53 Å². The molecule has 2 unspecified atom stereocenters. The van der Waals surface area contributed by atoms with Crippen molar-refractivity contribution in [1.82, 2.24) is 29.7 Å². The van der Waals surface area contributed by atoms with Gasteiger partial charge >= 0.3 is 6.18 Å². The van der Waals surface area contributed by atoms with Gasteiger partial charge in [-0.2, -0.15) is 23.4 Å². The number of alkyl halides is 3. The normalized spacial score (nSPS) is 19.1. The van der Waals surface area contributed by atoms with Gasteiger partial charge in [0.15, 0.2) is 0 Å². The minimum Gasteiger partial charge on any atom is -0.500 e. The molecule has 1 N–H and O–H groups in total. The highest BCUT2D eigenvalue weighted by molar-refractivity contribution is 6.06. The standard InChI is InChI=1S/C31H36F3N7O3/c1-18-6-7-25(38-37-18)22-8-9-41-26(22)15-23(29(42)35-16-24-27(44-5)14-19(2)36-30(24)43)20(3)28(41)21(4)40-12-10-39(11-13-40)17-31(32,33)34/h6-9,14-15,21,24H,10-13,16-17H2,1-5H3,(H,35,42). The van der Waals surface area contributed by atoms with Gasteiger partial charge in [-0.3, -0.25) is 19.4 Å². The monoisotopic (exact) mass is 611 g/mol. The van der Waals surface area contributed by atoms with Crippen molar-refractivity contribution in [1.29, 1.82) is 0 Å². The lowest BCUT2D eigenvalue weighted by molar-refractivity contribution is -0.149. The summed E-state index contributed by atoms with van der Waals surface area (Å²) in [6.07, 6.45) is -0.644. The number of carbonyl (C=O) groups is 2. The number of methoxy groups -OCH3 is 1. The lowest BCUT2D eigenvalue weighted by atomic mass is 9.98. The number of nitrogens with zero attached hydrogens (tertiary/aromatic N) is 6. The SMILES string of the molecule is COC1=CC(C)=NC(=O)C1CNC(=O)c1cc2c(-c3ccc(C)nn3)ccn2c(C(C)N2CCN(CC(F)(F)F)CC2)c1C. The molecule has 1 fully saturated rings. The van der Waals surface area contributed by atoms with Crippen LogP contribution < -0.4 is 5.32 Å². The molecule has 2 aliphatic heterocycles. The minimum absolute atomic E-state index is 0.00208. The summed E-state index contributed by atoms with van der Waals surface area (Å²) in [5.74, 6) is -1.07. The van der Waals surface area contributed by atoms with Crippen LogP contribution in [0.1, 0.15) is 47.2 Å². The molecule has 5 heterocycles. The van der Waals surface area contributed by atoms with Crippen molar-refractivity contribution in [3.63, 3.8) is 0 Å². The maximum atomic E-state index is 13.8. The quantitative estimate of drug-likeness (QED) is 0.409. The van der Waals surface area contributed by atoms with E-state index in [2.05, 4.69) is 25.4 Å². The van der Waals surface area contributed by atoms with E-state index in [1.54, 1.807) is 19.1 Å². The van der Waals surface area contributed by atoms with E-state index < -0.39 is 18.6 Å². The largest absolute Gasteiger partial charge is 0.500 e. The molecule has 0 bridgehead atoms. The van der Waals surface area contributed by atoms with E-state index in [9.17, 15) is 22.8 Å². The molecule has 5 rings (SSSR count). The number of ether oxygens (including phenoxy) is 1. The Labute approximate surface area is 253 Å². The molecule has 2 aliphatic rings. The van der Waals surface area contributed by atoms with Crippen LogP contribution in [0.15, 0.2) is 47.3 Å². The van der Waals surface area contributed by atoms with Gasteiger partial charge < -0.3 is 14.5 Å². The second-order valence-electron chi connectivity index (χ2n) is 11.3. The van der Waals surface area contributed by atoms with Crippen LogP contribution in [0, 0.1) is 19.8 Å². The van der Waals surface area contributed by atoms with Gasteiger partial charge in [0.2, 0.25) is 0 Å². The third-order valence-corrected chi connectivity index (χ3v) is 8.31. The summed E-state index contributed by atoms with van der Waals surface area (Å²) in [6, 6.07) is 7.24. The predicted molar refractivity (Wildman–Crippen MR) is 159 cm³/mol. The van der Waals surface area contributed by atoms with E-state index in [1.807, 2.05) is 49.6 Å². The Morgan fingerprint density at radius 1 is 1.11 bits per heavy atom. The summed E-state index contributed by atoms with van der Waals surface area (Å²) >= 11 is 0. The van der Waals surface area contributed by atoms with Crippen molar-refractivity contribution in [2.45, 2.75) is 39.9 Å². The third-order valence-electron chi connectivity index (χ3n) is 8.31. The summed E-state index contributed by atoms with van der Waals surface area (Å²) in [5, 5.41) is 11.5. The first-order valence-corrected chi connectivity index (χ1v) is 14.5. The smallest absolute Gasteiger partial charge is 0.401 e. The first-order chi connectivity index (χ1) is 20.9. The van der Waals surface area contributed by atoms with Crippen LogP contribution in [0.3, 0.4) is 0 Å². The molecule has 0 aliphatic carbocycles. The van der Waals surface area contributed by atoms with Crippen LogP contribution in [0.25, 0.3) is 16.8 Å². The molecule has 0 radical (unpaired) electrons. The second kappa shape index (κ2) is 12.5. The lowest BCUT2D eigenvalue weighted by Gasteiger charge is -2.39. The van der Waals surface area contributed by atoms with Gasteiger partial charge in [-0.25, -0.2) is 4.99 Å². The van der Waals surface area contributed by atoms with Crippen LogP contribution in [0.5, 0.6) is 0 Å². The number of rotatable bonds is 8. The van der Waals surface area contributed by atoms with Gasteiger partial charge in [-0.1, -0.05) is 0 Å². The topological polar surface area (TPSA) is 104 Å². The number of fused-ring (bicyclic) bond motifs is 1. The summed E-state index contributed by atoms with van der Waals surface area (Å²) in [5.41, 5.74) is 5.46. The average molecular weight is 612 g/mol. The number of hydrogen-bond acceptors (Lipinski definition) is 7. The van der Waals surface area contributed by atoms with E-state index >= 15 is 0 Å². The molecule has 2 atom stereocenters. The van der Waals surface area contributed by atoms with Crippen LogP contribution in [-0.4, -0.2) is 94.5 Å². The number of hydrogen-bond donors (Lipinski definition) is 1. The van der Waals surface area contributed by atoms with Gasteiger partial charge in [0.1, 0.15) is 11.7 Å². The molecular formula is C31H36F3N7O3. The van der Waals surface area contributed by atoms with Crippen LogP contribution in [0.2, 0.25) is 0 Å². The highest BCUT2D eigenvalue weighted by atomic mass is 19.4. The molecule has 1 saturated heterocycles. The number of carbonyl (C=O) groups excluding carboxylic acids is 2. The molecule has 234 valence electrons. The van der Waals surface area contributed by atoms with E-state index in [1.165, 1.54) is 12.0 Å². The third kappa shape index (κ3) is 6.53. The number of aryl methyl sites for hydroxylation is 1. The molecule has 0 aromatic carbocycles. The van der Waals surface area contributed by atoms with Crippen LogP contribution >= 0.6 is 0 Å². The Morgan fingerprint density at radius 3 is 2.48 bits per heavy atom. The Bertz CT molecular complexity index is 1620. The fraction of sp³-hybridized carbons (Fsp3) is 0.452. The number of nitrogens with one attached hydrogen (secondary N) is 1. The molecule has 3 aromatic rings. The summed E-state index contributed by atoms with van der Waals surface area (Å²) in [7, 11) is 1.48. The number of halogens is 3. The molecule has 13 heteroatoms. The summed E-state index contributed by atoms with van der Waals surface area (Å²) in [6.45, 7) is 7.96. The molecule has 3 aromatic heterocycles. The lowest BCUT2D eigenvalue weighted by Crippen LogP contribution is -2.50. The predicted octanol–water partition coefficient (Wildman–Crippen LogP) is 4.13. The van der Waals surface area contributed by atoms with Gasteiger partial charge in [-0.15, -0.1) is 0 Å². The zero-order valence-electron chi connectivity index (χ0n) is 25.4. The minimum atomic E-state index is -4.24. The molecule has 10 nitrogen and oxygen atoms in total. The number of dihydropyridines is 1. The Kier molecular flexibility index (Phi) is 8.89. The molecule has 0 spiro atoms. The van der Waals surface area contributed by atoms with Crippen molar-refractivity contribution in [3.05, 3.63) is 64.8 Å². The maximum Gasteiger partial charge on any atom is 0.401 e. The zero-order chi connectivity index (χ0) is 31.8. The zero-order valence-corrected chi connectivity index (χ0v) is 25.4. The molecule has 0 saturated carbocycles. The van der Waals surface area contributed by atoms with Gasteiger partial charge in [-0.05, 0) is 63.6 Å². The Balaban J connectivity index is 1.49. The fourth-order valence-electron chi connectivity index (χ4n) is 6.00. The van der Waals surface area contributed by atoms with E-state index in [-0.39, 0.29) is 37.5 Å².